The van der Waals surface area contributed by atoms with Gasteiger partial charge in [0.2, 0.25) is 6.23 Å². The molecule has 0 saturated heterocycles. The first-order chi connectivity index (χ1) is 11.7. The summed E-state index contributed by atoms with van der Waals surface area (Å²) in [4.78, 5) is 16.8. The van der Waals surface area contributed by atoms with Crippen LogP contribution in [0.4, 0.5) is 5.13 Å². The van der Waals surface area contributed by atoms with Crippen LogP contribution in [-0.4, -0.2) is 25.2 Å². The number of carbonyl (C=O) groups is 1. The highest BCUT2D eigenvalue weighted by molar-refractivity contribution is 7.22. The number of ether oxygens (including phenoxy) is 3. The predicted molar refractivity (Wildman–Crippen MR) is 90.9 cm³/mol. The van der Waals surface area contributed by atoms with Crippen LogP contribution in [-0.2, 0) is 4.74 Å². The number of benzene rings is 2. The minimum Gasteiger partial charge on any atom is -0.493 e. The maximum absolute atomic E-state index is 12.3. The third-order valence-corrected chi connectivity index (χ3v) is 4.81. The molecule has 0 unspecified atom stereocenters. The van der Waals surface area contributed by atoms with Crippen LogP contribution in [0.1, 0.15) is 22.1 Å². The molecule has 0 spiro atoms. The van der Waals surface area contributed by atoms with E-state index >= 15 is 0 Å². The number of anilines is 1. The maximum atomic E-state index is 12.3. The van der Waals surface area contributed by atoms with Gasteiger partial charge >= 0.3 is 5.97 Å². The zero-order valence-corrected chi connectivity index (χ0v) is 13.8. The number of esters is 1. The monoisotopic (exact) mass is 342 g/mol. The van der Waals surface area contributed by atoms with Gasteiger partial charge in [-0.15, -0.1) is 0 Å². The molecule has 1 N–H and O–H groups in total. The van der Waals surface area contributed by atoms with E-state index in [1.165, 1.54) is 25.6 Å². The van der Waals surface area contributed by atoms with E-state index in [1.807, 2.05) is 24.3 Å². The van der Waals surface area contributed by atoms with Crippen molar-refractivity contribution in [2.45, 2.75) is 6.23 Å². The van der Waals surface area contributed by atoms with Gasteiger partial charge in [-0.05, 0) is 24.3 Å². The average molecular weight is 342 g/mol. The van der Waals surface area contributed by atoms with Gasteiger partial charge in [0.1, 0.15) is 5.56 Å². The van der Waals surface area contributed by atoms with Gasteiger partial charge in [-0.3, -0.25) is 0 Å². The van der Waals surface area contributed by atoms with Crippen molar-refractivity contribution in [3.05, 3.63) is 47.5 Å². The Morgan fingerprint density at radius 3 is 2.75 bits per heavy atom. The van der Waals surface area contributed by atoms with Crippen LogP contribution in [0.3, 0.4) is 0 Å². The molecule has 0 bridgehead atoms. The Bertz CT molecular complexity index is 904. The van der Waals surface area contributed by atoms with Gasteiger partial charge in [0.15, 0.2) is 16.6 Å². The Balaban J connectivity index is 1.71. The standard InChI is InChI=1S/C17H14N2O4S/c1-21-11-8-7-9-13(14(11)22-2)16(20)23-15(9)19-17-18-10-5-3-4-6-12(10)24-17/h3-8,15H,1-2H3,(H,18,19)/t15-/m1/s1. The summed E-state index contributed by atoms with van der Waals surface area (Å²) in [7, 11) is 3.03. The summed E-state index contributed by atoms with van der Waals surface area (Å²) in [6, 6.07) is 11.4. The molecule has 2 heterocycles. The smallest absolute Gasteiger partial charge is 0.344 e. The Morgan fingerprint density at radius 2 is 2.00 bits per heavy atom. The van der Waals surface area contributed by atoms with E-state index in [0.29, 0.717) is 27.8 Å². The van der Waals surface area contributed by atoms with E-state index in [9.17, 15) is 4.79 Å². The van der Waals surface area contributed by atoms with Crippen molar-refractivity contribution >= 4 is 32.7 Å². The zero-order chi connectivity index (χ0) is 16.7. The van der Waals surface area contributed by atoms with Crippen molar-refractivity contribution in [1.29, 1.82) is 0 Å². The average Bonchev–Trinajstić information content (AvgIpc) is 3.15. The summed E-state index contributed by atoms with van der Waals surface area (Å²) in [6.45, 7) is 0. The van der Waals surface area contributed by atoms with Crippen molar-refractivity contribution in [2.24, 2.45) is 0 Å². The van der Waals surface area contributed by atoms with E-state index in [1.54, 1.807) is 12.1 Å². The van der Waals surface area contributed by atoms with Crippen molar-refractivity contribution in [1.82, 2.24) is 4.98 Å². The molecule has 1 aliphatic heterocycles. The van der Waals surface area contributed by atoms with Crippen LogP contribution in [0.25, 0.3) is 10.2 Å². The molecule has 3 aromatic rings. The summed E-state index contributed by atoms with van der Waals surface area (Å²) >= 11 is 1.51. The van der Waals surface area contributed by atoms with Crippen molar-refractivity contribution in [3.63, 3.8) is 0 Å². The van der Waals surface area contributed by atoms with Crippen LogP contribution in [0.2, 0.25) is 0 Å². The van der Waals surface area contributed by atoms with Crippen LogP contribution >= 0.6 is 11.3 Å². The highest BCUT2D eigenvalue weighted by atomic mass is 32.1. The van der Waals surface area contributed by atoms with E-state index in [4.69, 9.17) is 14.2 Å². The quantitative estimate of drug-likeness (QED) is 0.731. The molecule has 2 aromatic carbocycles. The molecule has 0 fully saturated rings. The fraction of sp³-hybridized carbons (Fsp3) is 0.176. The van der Waals surface area contributed by atoms with E-state index in [-0.39, 0.29) is 0 Å². The number of para-hydroxylation sites is 1. The number of methoxy groups -OCH3 is 2. The summed E-state index contributed by atoms with van der Waals surface area (Å²) < 4.78 is 17.1. The van der Waals surface area contributed by atoms with Crippen molar-refractivity contribution in [2.75, 3.05) is 19.5 Å². The lowest BCUT2D eigenvalue weighted by Gasteiger charge is -2.13. The molecular formula is C17H14N2O4S. The number of thiazole rings is 1. The van der Waals surface area contributed by atoms with Gasteiger partial charge in [-0.2, -0.15) is 0 Å². The van der Waals surface area contributed by atoms with Crippen LogP contribution in [0.15, 0.2) is 36.4 Å². The first-order valence-electron chi connectivity index (χ1n) is 7.29. The molecule has 0 radical (unpaired) electrons. The summed E-state index contributed by atoms with van der Waals surface area (Å²) in [5, 5.41) is 3.87. The fourth-order valence-electron chi connectivity index (χ4n) is 2.75. The number of fused-ring (bicyclic) bond motifs is 2. The minimum absolute atomic E-state index is 0.383. The Kier molecular flexibility index (Phi) is 3.50. The molecule has 1 atom stereocenters. The van der Waals surface area contributed by atoms with Gasteiger partial charge < -0.3 is 19.5 Å². The molecule has 1 aliphatic rings. The minimum atomic E-state index is -0.604. The lowest BCUT2D eigenvalue weighted by atomic mass is 10.1. The van der Waals surface area contributed by atoms with E-state index in [2.05, 4.69) is 10.3 Å². The zero-order valence-electron chi connectivity index (χ0n) is 13.0. The first-order valence-corrected chi connectivity index (χ1v) is 8.11. The molecule has 0 amide bonds. The van der Waals surface area contributed by atoms with E-state index < -0.39 is 12.2 Å². The highest BCUT2D eigenvalue weighted by Crippen LogP contribution is 2.42. The number of hydrogen-bond donors (Lipinski definition) is 1. The molecule has 122 valence electrons. The molecule has 7 heteroatoms. The molecule has 6 nitrogen and oxygen atoms in total. The maximum Gasteiger partial charge on any atom is 0.344 e. The summed E-state index contributed by atoms with van der Waals surface area (Å²) in [5.41, 5.74) is 1.99. The number of cyclic esters (lactones) is 1. The van der Waals surface area contributed by atoms with Crippen LogP contribution in [0.5, 0.6) is 11.5 Å². The van der Waals surface area contributed by atoms with Crippen molar-refractivity contribution < 1.29 is 19.0 Å². The lowest BCUT2D eigenvalue weighted by Crippen LogP contribution is -2.09. The Hall–Kier alpha value is -2.80. The molecule has 4 rings (SSSR count). The molecular weight excluding hydrogens is 328 g/mol. The van der Waals surface area contributed by atoms with Gasteiger partial charge in [0.25, 0.3) is 0 Å². The number of nitrogens with zero attached hydrogens (tertiary/aromatic N) is 1. The van der Waals surface area contributed by atoms with E-state index in [0.717, 1.165) is 10.2 Å². The summed E-state index contributed by atoms with van der Waals surface area (Å²) in [6.07, 6.45) is -0.604. The van der Waals surface area contributed by atoms with Gasteiger partial charge in [-0.1, -0.05) is 23.5 Å². The van der Waals surface area contributed by atoms with Gasteiger partial charge in [-0.25, -0.2) is 9.78 Å². The van der Waals surface area contributed by atoms with Crippen molar-refractivity contribution in [3.8, 4) is 11.5 Å². The highest BCUT2D eigenvalue weighted by Gasteiger charge is 2.36. The normalized spacial score (nSPS) is 15.9. The fourth-order valence-corrected chi connectivity index (χ4v) is 3.64. The number of carbonyl (C=O) groups excluding carboxylic acids is 1. The Labute approximate surface area is 142 Å². The summed E-state index contributed by atoms with van der Waals surface area (Å²) in [5.74, 6) is 0.432. The third kappa shape index (κ3) is 2.25. The third-order valence-electron chi connectivity index (χ3n) is 3.84. The molecule has 0 saturated carbocycles. The second-order valence-electron chi connectivity index (χ2n) is 5.18. The Morgan fingerprint density at radius 1 is 1.17 bits per heavy atom. The second kappa shape index (κ2) is 5.68. The number of aromatic nitrogens is 1. The molecule has 0 aliphatic carbocycles. The van der Waals surface area contributed by atoms with Gasteiger partial charge in [0.05, 0.1) is 24.4 Å². The largest absolute Gasteiger partial charge is 0.493 e. The number of rotatable bonds is 4. The van der Waals surface area contributed by atoms with Crippen LogP contribution < -0.4 is 14.8 Å². The second-order valence-corrected chi connectivity index (χ2v) is 6.21. The number of nitrogens with one attached hydrogen (secondary N) is 1. The number of hydrogen-bond acceptors (Lipinski definition) is 7. The SMILES string of the molecule is COc1ccc2c(c1OC)C(=O)O[C@H]2Nc1nc2ccccc2s1. The lowest BCUT2D eigenvalue weighted by molar-refractivity contribution is 0.0435. The first kappa shape index (κ1) is 14.8. The van der Waals surface area contributed by atoms with Crippen LogP contribution in [0, 0.1) is 0 Å². The molecule has 24 heavy (non-hydrogen) atoms. The molecule has 1 aromatic heterocycles. The van der Waals surface area contributed by atoms with Gasteiger partial charge in [0, 0.05) is 5.56 Å². The predicted octanol–water partition coefficient (Wildman–Crippen LogP) is 3.59. The topological polar surface area (TPSA) is 69.7 Å².